The Morgan fingerprint density at radius 2 is 2.26 bits per heavy atom. The zero-order chi connectivity index (χ0) is 16.2. The second kappa shape index (κ2) is 7.37. The monoisotopic (exact) mass is 352 g/mol. The van der Waals surface area contributed by atoms with Gasteiger partial charge in [-0.05, 0) is 43.4 Å². The molecule has 6 heteroatoms. The SMILES string of the molecule is O=C(CCCOc1ccc(Cl)cc1Cl)N/N=C1/CC2C=CCC12. The molecule has 3 rings (SSSR count). The summed E-state index contributed by atoms with van der Waals surface area (Å²) in [6, 6.07) is 5.07. The van der Waals surface area contributed by atoms with Gasteiger partial charge in [-0.15, -0.1) is 0 Å². The largest absolute Gasteiger partial charge is 0.492 e. The van der Waals surface area contributed by atoms with E-state index in [-0.39, 0.29) is 5.91 Å². The number of fused-ring (bicyclic) bond motifs is 1. The van der Waals surface area contributed by atoms with E-state index in [1.165, 1.54) is 0 Å². The number of carbonyl (C=O) groups is 1. The van der Waals surface area contributed by atoms with E-state index in [1.54, 1.807) is 18.2 Å². The molecule has 2 aliphatic carbocycles. The molecule has 23 heavy (non-hydrogen) atoms. The van der Waals surface area contributed by atoms with Gasteiger partial charge in [-0.1, -0.05) is 35.4 Å². The number of nitrogens with zero attached hydrogens (tertiary/aromatic N) is 1. The topological polar surface area (TPSA) is 50.7 Å². The van der Waals surface area contributed by atoms with Gasteiger partial charge >= 0.3 is 0 Å². The minimum atomic E-state index is -0.0855. The van der Waals surface area contributed by atoms with Gasteiger partial charge in [0.25, 0.3) is 0 Å². The summed E-state index contributed by atoms with van der Waals surface area (Å²) in [6.07, 6.45) is 7.43. The summed E-state index contributed by atoms with van der Waals surface area (Å²) in [6.45, 7) is 0.417. The van der Waals surface area contributed by atoms with Crippen molar-refractivity contribution in [2.45, 2.75) is 25.7 Å². The maximum absolute atomic E-state index is 11.8. The number of amides is 1. The fourth-order valence-corrected chi connectivity index (χ4v) is 3.32. The van der Waals surface area contributed by atoms with E-state index in [0.717, 1.165) is 18.6 Å². The van der Waals surface area contributed by atoms with Crippen molar-refractivity contribution in [1.29, 1.82) is 0 Å². The quantitative estimate of drug-likeness (QED) is 0.473. The van der Waals surface area contributed by atoms with E-state index in [0.29, 0.717) is 47.1 Å². The molecule has 1 aromatic carbocycles. The molecule has 1 fully saturated rings. The molecular weight excluding hydrogens is 335 g/mol. The number of hydrogen-bond acceptors (Lipinski definition) is 3. The third kappa shape index (κ3) is 4.06. The molecule has 2 aliphatic rings. The van der Waals surface area contributed by atoms with Gasteiger partial charge in [-0.25, -0.2) is 5.43 Å². The Morgan fingerprint density at radius 3 is 3.04 bits per heavy atom. The van der Waals surface area contributed by atoms with E-state index < -0.39 is 0 Å². The summed E-state index contributed by atoms with van der Waals surface area (Å²) in [5.74, 6) is 1.65. The summed E-state index contributed by atoms with van der Waals surface area (Å²) in [4.78, 5) is 11.8. The van der Waals surface area contributed by atoms with Gasteiger partial charge in [0.2, 0.25) is 5.91 Å². The smallest absolute Gasteiger partial charge is 0.240 e. The van der Waals surface area contributed by atoms with E-state index in [4.69, 9.17) is 27.9 Å². The van der Waals surface area contributed by atoms with Gasteiger partial charge in [0.1, 0.15) is 5.75 Å². The lowest BCUT2D eigenvalue weighted by atomic mass is 9.74. The first kappa shape index (κ1) is 16.3. The van der Waals surface area contributed by atoms with Crippen LogP contribution in [0.15, 0.2) is 35.5 Å². The van der Waals surface area contributed by atoms with Crippen molar-refractivity contribution < 1.29 is 9.53 Å². The Balaban J connectivity index is 1.34. The second-order valence-corrected chi connectivity index (χ2v) is 6.65. The highest BCUT2D eigenvalue weighted by atomic mass is 35.5. The normalized spacial score (nSPS) is 23.5. The number of carbonyl (C=O) groups excluding carboxylic acids is 1. The summed E-state index contributed by atoms with van der Waals surface area (Å²) < 4.78 is 5.54. The molecule has 1 amide bonds. The lowest BCUT2D eigenvalue weighted by molar-refractivity contribution is -0.121. The van der Waals surface area contributed by atoms with Crippen LogP contribution in [0.3, 0.4) is 0 Å². The molecule has 1 N–H and O–H groups in total. The van der Waals surface area contributed by atoms with Crippen molar-refractivity contribution in [3.8, 4) is 5.75 Å². The Hall–Kier alpha value is -1.52. The number of allylic oxidation sites excluding steroid dienone is 2. The number of hydrogen-bond donors (Lipinski definition) is 1. The lowest BCUT2D eigenvalue weighted by Crippen LogP contribution is -2.35. The van der Waals surface area contributed by atoms with Crippen LogP contribution in [0.1, 0.15) is 25.7 Å². The minimum Gasteiger partial charge on any atom is -0.492 e. The standard InChI is InChI=1S/C17H18Cl2N2O2/c18-12-6-7-16(14(19)10-12)23-8-2-5-17(22)21-20-15-9-11-3-1-4-13(11)15/h1,3,6-7,10-11,13H,2,4-5,8-9H2,(H,21,22)/b20-15-. The average molecular weight is 353 g/mol. The Bertz CT molecular complexity index is 658. The summed E-state index contributed by atoms with van der Waals surface area (Å²) in [5.41, 5.74) is 3.75. The van der Waals surface area contributed by atoms with Gasteiger partial charge in [-0.2, -0.15) is 5.10 Å². The number of hydrazone groups is 1. The number of nitrogens with one attached hydrogen (secondary N) is 1. The molecule has 2 unspecified atom stereocenters. The minimum absolute atomic E-state index is 0.0855. The lowest BCUT2D eigenvalue weighted by Gasteiger charge is -2.31. The first-order chi connectivity index (χ1) is 11.1. The van der Waals surface area contributed by atoms with Crippen LogP contribution >= 0.6 is 23.2 Å². The molecule has 1 saturated carbocycles. The number of rotatable bonds is 6. The molecule has 0 aromatic heterocycles. The molecular formula is C17H18Cl2N2O2. The van der Waals surface area contributed by atoms with Crippen molar-refractivity contribution in [3.63, 3.8) is 0 Å². The van der Waals surface area contributed by atoms with Crippen LogP contribution in [-0.4, -0.2) is 18.2 Å². The van der Waals surface area contributed by atoms with Crippen molar-refractivity contribution in [2.24, 2.45) is 16.9 Å². The second-order valence-electron chi connectivity index (χ2n) is 5.80. The molecule has 0 aliphatic heterocycles. The maximum Gasteiger partial charge on any atom is 0.240 e. The Kier molecular flexibility index (Phi) is 5.23. The van der Waals surface area contributed by atoms with Gasteiger partial charge < -0.3 is 4.74 Å². The maximum atomic E-state index is 11.8. The van der Waals surface area contributed by atoms with Crippen LogP contribution in [0.2, 0.25) is 10.0 Å². The average Bonchev–Trinajstić information content (AvgIpc) is 2.87. The van der Waals surface area contributed by atoms with E-state index >= 15 is 0 Å². The molecule has 4 nitrogen and oxygen atoms in total. The highest BCUT2D eigenvalue weighted by Gasteiger charge is 2.37. The first-order valence-electron chi connectivity index (χ1n) is 7.73. The Morgan fingerprint density at radius 1 is 1.39 bits per heavy atom. The van der Waals surface area contributed by atoms with Crippen molar-refractivity contribution in [3.05, 3.63) is 40.4 Å². The predicted molar refractivity (Wildman–Crippen MR) is 92.1 cm³/mol. The Labute approximate surface area is 145 Å². The molecule has 0 radical (unpaired) electrons. The van der Waals surface area contributed by atoms with Crippen LogP contribution in [0.25, 0.3) is 0 Å². The highest BCUT2D eigenvalue weighted by molar-refractivity contribution is 6.35. The highest BCUT2D eigenvalue weighted by Crippen LogP contribution is 2.40. The van der Waals surface area contributed by atoms with Gasteiger partial charge in [0, 0.05) is 23.1 Å². The molecule has 122 valence electrons. The summed E-state index contributed by atoms with van der Waals surface area (Å²) in [7, 11) is 0. The molecule has 1 aromatic rings. The van der Waals surface area contributed by atoms with Crippen LogP contribution < -0.4 is 10.2 Å². The number of ether oxygens (including phenoxy) is 1. The zero-order valence-corrected chi connectivity index (χ0v) is 14.1. The molecule has 0 heterocycles. The summed E-state index contributed by atoms with van der Waals surface area (Å²) >= 11 is 11.8. The van der Waals surface area contributed by atoms with Crippen LogP contribution in [-0.2, 0) is 4.79 Å². The van der Waals surface area contributed by atoms with Crippen molar-refractivity contribution in [2.75, 3.05) is 6.61 Å². The molecule has 0 saturated heterocycles. The predicted octanol–water partition coefficient (Wildman–Crippen LogP) is 4.22. The van der Waals surface area contributed by atoms with E-state index in [9.17, 15) is 4.79 Å². The summed E-state index contributed by atoms with van der Waals surface area (Å²) in [5, 5.41) is 5.27. The van der Waals surface area contributed by atoms with E-state index in [2.05, 4.69) is 22.7 Å². The first-order valence-corrected chi connectivity index (χ1v) is 8.49. The van der Waals surface area contributed by atoms with E-state index in [1.807, 2.05) is 0 Å². The van der Waals surface area contributed by atoms with Gasteiger partial charge in [0.05, 0.1) is 11.6 Å². The third-order valence-electron chi connectivity index (χ3n) is 4.19. The van der Waals surface area contributed by atoms with Gasteiger partial charge in [0.15, 0.2) is 0 Å². The fraction of sp³-hybridized carbons (Fsp3) is 0.412. The van der Waals surface area contributed by atoms with Gasteiger partial charge in [-0.3, -0.25) is 4.79 Å². The third-order valence-corrected chi connectivity index (χ3v) is 4.72. The van der Waals surface area contributed by atoms with Crippen LogP contribution in [0.4, 0.5) is 0 Å². The molecule has 0 bridgehead atoms. The van der Waals surface area contributed by atoms with Crippen molar-refractivity contribution in [1.82, 2.24) is 5.43 Å². The zero-order valence-electron chi connectivity index (χ0n) is 12.6. The fourth-order valence-electron chi connectivity index (χ4n) is 2.86. The number of benzene rings is 1. The molecule has 2 atom stereocenters. The number of halogens is 2. The molecule has 0 spiro atoms. The van der Waals surface area contributed by atoms with Crippen LogP contribution in [0, 0.1) is 11.8 Å². The van der Waals surface area contributed by atoms with Crippen LogP contribution in [0.5, 0.6) is 5.75 Å². The van der Waals surface area contributed by atoms with Crippen molar-refractivity contribution >= 4 is 34.8 Å².